The molecular formula is C22H21ClN4O4S2. The summed E-state index contributed by atoms with van der Waals surface area (Å²) in [6.45, 7) is 1.43. The molecule has 1 heterocycles. The zero-order valence-electron chi connectivity index (χ0n) is 17.8. The molecule has 33 heavy (non-hydrogen) atoms. The second kappa shape index (κ2) is 11.7. The van der Waals surface area contributed by atoms with Crippen LogP contribution < -0.4 is 20.7 Å². The predicted octanol–water partition coefficient (Wildman–Crippen LogP) is 4.68. The number of anilines is 3. The molecule has 3 N–H and O–H groups in total. The van der Waals surface area contributed by atoms with Crippen LogP contribution in [0.3, 0.4) is 0 Å². The van der Waals surface area contributed by atoms with Gasteiger partial charge in [-0.1, -0.05) is 23.4 Å². The molecule has 2 aromatic carbocycles. The summed E-state index contributed by atoms with van der Waals surface area (Å²) in [6, 6.07) is 11.8. The van der Waals surface area contributed by atoms with Crippen molar-refractivity contribution in [3.05, 3.63) is 58.6 Å². The lowest BCUT2D eigenvalue weighted by molar-refractivity contribution is -0.116. The number of hydrogen-bond donors (Lipinski definition) is 3. The van der Waals surface area contributed by atoms with E-state index in [4.69, 9.17) is 16.3 Å². The lowest BCUT2D eigenvalue weighted by atomic mass is 10.2. The Labute approximate surface area is 204 Å². The molecular weight excluding hydrogens is 484 g/mol. The molecule has 0 aliphatic carbocycles. The second-order valence-corrected chi connectivity index (χ2v) is 9.26. The molecule has 0 saturated heterocycles. The standard InChI is InChI=1S/C22H21ClN4O4S2/c1-13(28)24-14-3-5-15(6-4-14)25-21(30)12-33-22-27-17(11-32-22)10-20(29)26-16-7-8-19(31-2)18(23)9-16/h3-9,11H,10,12H2,1-2H3,(H,24,28)(H,25,30)(H,26,29). The van der Waals surface area contributed by atoms with Crippen molar-refractivity contribution in [3.8, 4) is 5.75 Å². The van der Waals surface area contributed by atoms with E-state index in [9.17, 15) is 14.4 Å². The van der Waals surface area contributed by atoms with E-state index in [1.807, 2.05) is 0 Å². The molecule has 3 aromatic rings. The molecule has 0 bridgehead atoms. The number of rotatable bonds is 9. The number of hydrogen-bond acceptors (Lipinski definition) is 7. The Kier molecular flexibility index (Phi) is 8.70. The molecule has 1 aromatic heterocycles. The lowest BCUT2D eigenvalue weighted by Crippen LogP contribution is -2.15. The minimum Gasteiger partial charge on any atom is -0.495 e. The van der Waals surface area contributed by atoms with Crippen molar-refractivity contribution in [2.24, 2.45) is 0 Å². The van der Waals surface area contributed by atoms with Crippen LogP contribution in [0.4, 0.5) is 17.1 Å². The molecule has 3 rings (SSSR count). The van der Waals surface area contributed by atoms with Crippen molar-refractivity contribution in [1.82, 2.24) is 4.98 Å². The largest absolute Gasteiger partial charge is 0.495 e. The molecule has 0 atom stereocenters. The normalized spacial score (nSPS) is 10.4. The monoisotopic (exact) mass is 504 g/mol. The summed E-state index contributed by atoms with van der Waals surface area (Å²) in [5.74, 6) is 0.143. The molecule has 3 amide bonds. The molecule has 0 saturated carbocycles. The number of amides is 3. The van der Waals surface area contributed by atoms with Crippen LogP contribution in [0.1, 0.15) is 12.6 Å². The SMILES string of the molecule is COc1ccc(NC(=O)Cc2csc(SCC(=O)Nc3ccc(NC(C)=O)cc3)n2)cc1Cl. The number of thiazole rings is 1. The molecule has 0 aliphatic rings. The summed E-state index contributed by atoms with van der Waals surface area (Å²) >= 11 is 8.74. The highest BCUT2D eigenvalue weighted by molar-refractivity contribution is 8.01. The first-order valence-electron chi connectivity index (χ1n) is 9.70. The summed E-state index contributed by atoms with van der Waals surface area (Å²) in [4.78, 5) is 40.0. The van der Waals surface area contributed by atoms with Crippen molar-refractivity contribution in [2.45, 2.75) is 17.7 Å². The van der Waals surface area contributed by atoms with Crippen molar-refractivity contribution < 1.29 is 19.1 Å². The van der Waals surface area contributed by atoms with E-state index in [0.29, 0.717) is 37.9 Å². The van der Waals surface area contributed by atoms with E-state index in [1.54, 1.807) is 47.8 Å². The van der Waals surface area contributed by atoms with Gasteiger partial charge in [0, 0.05) is 29.4 Å². The fourth-order valence-electron chi connectivity index (χ4n) is 2.71. The van der Waals surface area contributed by atoms with Crippen LogP contribution in [0.25, 0.3) is 0 Å². The van der Waals surface area contributed by atoms with Crippen LogP contribution >= 0.6 is 34.7 Å². The second-order valence-electron chi connectivity index (χ2n) is 6.77. The lowest BCUT2D eigenvalue weighted by Gasteiger charge is -2.07. The van der Waals surface area contributed by atoms with Gasteiger partial charge in [-0.25, -0.2) is 4.98 Å². The van der Waals surface area contributed by atoms with Crippen LogP contribution in [0.2, 0.25) is 5.02 Å². The molecule has 0 spiro atoms. The number of ether oxygens (including phenoxy) is 1. The van der Waals surface area contributed by atoms with Gasteiger partial charge in [0.1, 0.15) is 5.75 Å². The zero-order valence-corrected chi connectivity index (χ0v) is 20.2. The first-order valence-corrected chi connectivity index (χ1v) is 11.9. The average Bonchev–Trinajstić information content (AvgIpc) is 3.20. The van der Waals surface area contributed by atoms with E-state index in [-0.39, 0.29) is 29.9 Å². The van der Waals surface area contributed by atoms with Gasteiger partial charge in [-0.05, 0) is 42.5 Å². The first kappa shape index (κ1) is 24.6. The predicted molar refractivity (Wildman–Crippen MR) is 133 cm³/mol. The summed E-state index contributed by atoms with van der Waals surface area (Å²) in [5, 5.41) is 10.4. The number of halogens is 1. The Hall–Kier alpha value is -3.08. The van der Waals surface area contributed by atoms with Gasteiger partial charge in [0.25, 0.3) is 0 Å². The maximum atomic E-state index is 12.3. The van der Waals surface area contributed by atoms with E-state index < -0.39 is 0 Å². The minimum atomic E-state index is -0.224. The number of carbonyl (C=O) groups is 3. The van der Waals surface area contributed by atoms with Gasteiger partial charge < -0.3 is 20.7 Å². The van der Waals surface area contributed by atoms with Gasteiger partial charge >= 0.3 is 0 Å². The topological polar surface area (TPSA) is 109 Å². The summed E-state index contributed by atoms with van der Waals surface area (Å²) in [5.41, 5.74) is 2.47. The van der Waals surface area contributed by atoms with E-state index in [0.717, 1.165) is 0 Å². The number of carbonyl (C=O) groups excluding carboxylic acids is 3. The van der Waals surface area contributed by atoms with Gasteiger partial charge in [-0.3, -0.25) is 14.4 Å². The number of thioether (sulfide) groups is 1. The fourth-order valence-corrected chi connectivity index (χ4v) is 4.62. The quantitative estimate of drug-likeness (QED) is 0.365. The number of aromatic nitrogens is 1. The molecule has 11 heteroatoms. The fraction of sp³-hybridized carbons (Fsp3) is 0.182. The molecule has 0 fully saturated rings. The number of methoxy groups -OCH3 is 1. The maximum Gasteiger partial charge on any atom is 0.234 e. The van der Waals surface area contributed by atoms with Gasteiger partial charge in [0.05, 0.1) is 30.0 Å². The third-order valence-electron chi connectivity index (χ3n) is 4.12. The minimum absolute atomic E-state index is 0.105. The molecule has 172 valence electrons. The van der Waals surface area contributed by atoms with Crippen LogP contribution in [0, 0.1) is 0 Å². The zero-order chi connectivity index (χ0) is 23.8. The van der Waals surface area contributed by atoms with Crippen LogP contribution in [0.15, 0.2) is 52.2 Å². The number of nitrogens with one attached hydrogen (secondary N) is 3. The van der Waals surface area contributed by atoms with Gasteiger partial charge in [-0.15, -0.1) is 11.3 Å². The van der Waals surface area contributed by atoms with Crippen molar-refractivity contribution >= 4 is 69.5 Å². The molecule has 0 aliphatic heterocycles. The Balaban J connectivity index is 1.45. The average molecular weight is 505 g/mol. The Morgan fingerprint density at radius 1 is 1.00 bits per heavy atom. The molecule has 0 radical (unpaired) electrons. The van der Waals surface area contributed by atoms with Crippen molar-refractivity contribution in [1.29, 1.82) is 0 Å². The van der Waals surface area contributed by atoms with Crippen LogP contribution in [-0.4, -0.2) is 35.6 Å². The highest BCUT2D eigenvalue weighted by Crippen LogP contribution is 2.27. The maximum absolute atomic E-state index is 12.3. The summed E-state index contributed by atoms with van der Waals surface area (Å²) in [6.07, 6.45) is 0.105. The summed E-state index contributed by atoms with van der Waals surface area (Å²) in [7, 11) is 1.52. The Morgan fingerprint density at radius 2 is 1.64 bits per heavy atom. The number of benzene rings is 2. The molecule has 8 nitrogen and oxygen atoms in total. The summed E-state index contributed by atoms with van der Waals surface area (Å²) < 4.78 is 5.79. The smallest absolute Gasteiger partial charge is 0.234 e. The van der Waals surface area contributed by atoms with Gasteiger partial charge in [-0.2, -0.15) is 0 Å². The van der Waals surface area contributed by atoms with Crippen LogP contribution in [-0.2, 0) is 20.8 Å². The van der Waals surface area contributed by atoms with Gasteiger partial charge in [0.2, 0.25) is 17.7 Å². The highest BCUT2D eigenvalue weighted by Gasteiger charge is 2.11. The van der Waals surface area contributed by atoms with E-state index >= 15 is 0 Å². The van der Waals surface area contributed by atoms with Crippen molar-refractivity contribution in [3.63, 3.8) is 0 Å². The van der Waals surface area contributed by atoms with E-state index in [2.05, 4.69) is 20.9 Å². The highest BCUT2D eigenvalue weighted by atomic mass is 35.5. The van der Waals surface area contributed by atoms with Gasteiger partial charge in [0.15, 0.2) is 4.34 Å². The Morgan fingerprint density at radius 3 is 2.27 bits per heavy atom. The van der Waals surface area contributed by atoms with Crippen LogP contribution in [0.5, 0.6) is 5.75 Å². The number of nitrogens with zero attached hydrogens (tertiary/aromatic N) is 1. The first-order chi connectivity index (χ1) is 15.8. The Bertz CT molecular complexity index is 1150. The van der Waals surface area contributed by atoms with E-state index in [1.165, 1.54) is 37.1 Å². The molecule has 0 unspecified atom stereocenters. The van der Waals surface area contributed by atoms with Crippen molar-refractivity contribution in [2.75, 3.05) is 28.8 Å². The third kappa shape index (κ3) is 7.77. The third-order valence-corrected chi connectivity index (χ3v) is 6.49.